The maximum Gasteiger partial charge on any atom is 0.230 e. The van der Waals surface area contributed by atoms with Gasteiger partial charge in [0.1, 0.15) is 5.82 Å². The summed E-state index contributed by atoms with van der Waals surface area (Å²) in [5.74, 6) is -0.363. The Labute approximate surface area is 147 Å². The molecule has 2 aromatic carbocycles. The number of rotatable bonds is 5. The number of halogens is 2. The average molecular weight is 346 g/mol. The van der Waals surface area contributed by atoms with Crippen LogP contribution in [0.3, 0.4) is 0 Å². The lowest BCUT2D eigenvalue weighted by Gasteiger charge is -2.26. The highest BCUT2D eigenvalue weighted by Gasteiger charge is 2.46. The summed E-state index contributed by atoms with van der Waals surface area (Å²) >= 11 is 6.32. The van der Waals surface area contributed by atoms with Gasteiger partial charge in [-0.1, -0.05) is 41.9 Å². The first kappa shape index (κ1) is 17.0. The van der Waals surface area contributed by atoms with Gasteiger partial charge in [0.2, 0.25) is 5.91 Å². The van der Waals surface area contributed by atoms with Crippen LogP contribution in [0.2, 0.25) is 5.02 Å². The zero-order chi connectivity index (χ0) is 17.4. The molecule has 0 radical (unpaired) electrons. The van der Waals surface area contributed by atoms with Crippen molar-refractivity contribution < 1.29 is 9.18 Å². The van der Waals surface area contributed by atoms with E-state index in [1.807, 2.05) is 38.1 Å². The molecule has 4 heteroatoms. The Kier molecular flexibility index (Phi) is 4.39. The second kappa shape index (κ2) is 6.21. The van der Waals surface area contributed by atoms with E-state index in [1.54, 1.807) is 12.1 Å². The minimum absolute atomic E-state index is 0.0487. The Balaban J connectivity index is 1.71. The average Bonchev–Trinajstić information content (AvgIpc) is 3.34. The fraction of sp³-hybridized carbons (Fsp3) is 0.350. The SMILES string of the molecule is CC(C)(C(=O)NCC1(c2ccccc2Cl)CC1)c1ccc(F)cc1. The van der Waals surface area contributed by atoms with Gasteiger partial charge in [-0.25, -0.2) is 4.39 Å². The number of nitrogens with one attached hydrogen (secondary N) is 1. The second-order valence-electron chi connectivity index (χ2n) is 7.07. The van der Waals surface area contributed by atoms with Crippen molar-refractivity contribution in [2.24, 2.45) is 0 Å². The lowest BCUT2D eigenvalue weighted by Crippen LogP contribution is -2.43. The summed E-state index contributed by atoms with van der Waals surface area (Å²) in [6, 6.07) is 13.9. The maximum absolute atomic E-state index is 13.1. The molecule has 2 aromatic rings. The molecule has 1 aliphatic carbocycles. The fourth-order valence-corrected chi connectivity index (χ4v) is 3.39. The van der Waals surface area contributed by atoms with Crippen molar-refractivity contribution in [3.63, 3.8) is 0 Å². The normalized spacial score (nSPS) is 15.8. The lowest BCUT2D eigenvalue weighted by atomic mass is 9.83. The Hall–Kier alpha value is -1.87. The van der Waals surface area contributed by atoms with E-state index in [9.17, 15) is 9.18 Å². The monoisotopic (exact) mass is 345 g/mol. The summed E-state index contributed by atoms with van der Waals surface area (Å²) in [6.07, 6.45) is 2.04. The van der Waals surface area contributed by atoms with Crippen LogP contribution < -0.4 is 5.32 Å². The van der Waals surface area contributed by atoms with E-state index in [1.165, 1.54) is 12.1 Å². The quantitative estimate of drug-likeness (QED) is 0.842. The molecular formula is C20H21ClFNO. The summed E-state index contributed by atoms with van der Waals surface area (Å²) in [4.78, 5) is 12.7. The molecule has 1 saturated carbocycles. The molecule has 0 unspecified atom stereocenters. The van der Waals surface area contributed by atoms with Gasteiger partial charge in [-0.3, -0.25) is 4.79 Å². The molecule has 2 nitrogen and oxygen atoms in total. The van der Waals surface area contributed by atoms with Crippen molar-refractivity contribution in [3.05, 3.63) is 70.5 Å². The van der Waals surface area contributed by atoms with E-state index in [0.29, 0.717) is 6.54 Å². The molecule has 0 atom stereocenters. The van der Waals surface area contributed by atoms with Crippen LogP contribution in [0.5, 0.6) is 0 Å². The van der Waals surface area contributed by atoms with Crippen LogP contribution in [-0.2, 0) is 15.6 Å². The minimum atomic E-state index is -0.718. The van der Waals surface area contributed by atoms with Crippen molar-refractivity contribution in [3.8, 4) is 0 Å². The molecular weight excluding hydrogens is 325 g/mol. The predicted molar refractivity (Wildman–Crippen MR) is 94.8 cm³/mol. The van der Waals surface area contributed by atoms with E-state index in [2.05, 4.69) is 5.32 Å². The predicted octanol–water partition coefficient (Wildman–Crippen LogP) is 4.60. The Morgan fingerprint density at radius 2 is 1.79 bits per heavy atom. The van der Waals surface area contributed by atoms with Crippen molar-refractivity contribution in [2.75, 3.05) is 6.54 Å². The third-order valence-electron chi connectivity index (χ3n) is 5.02. The van der Waals surface area contributed by atoms with E-state index >= 15 is 0 Å². The molecule has 0 spiro atoms. The summed E-state index contributed by atoms with van der Waals surface area (Å²) < 4.78 is 13.1. The number of benzene rings is 2. The zero-order valence-corrected chi connectivity index (χ0v) is 14.7. The van der Waals surface area contributed by atoms with Crippen molar-refractivity contribution in [1.82, 2.24) is 5.32 Å². The van der Waals surface area contributed by atoms with Crippen molar-refractivity contribution in [2.45, 2.75) is 37.5 Å². The van der Waals surface area contributed by atoms with Gasteiger partial charge in [0, 0.05) is 17.0 Å². The molecule has 3 rings (SSSR count). The summed E-state index contributed by atoms with van der Waals surface area (Å²) in [5.41, 5.74) is 1.13. The van der Waals surface area contributed by atoms with Crippen LogP contribution >= 0.6 is 11.6 Å². The molecule has 0 aromatic heterocycles. The third-order valence-corrected chi connectivity index (χ3v) is 5.35. The molecule has 0 aliphatic heterocycles. The molecule has 0 bridgehead atoms. The van der Waals surface area contributed by atoms with Gasteiger partial charge < -0.3 is 5.32 Å². The highest BCUT2D eigenvalue weighted by atomic mass is 35.5. The molecule has 1 amide bonds. The smallest absolute Gasteiger partial charge is 0.230 e. The number of hydrogen-bond donors (Lipinski definition) is 1. The van der Waals surface area contributed by atoms with Crippen LogP contribution in [-0.4, -0.2) is 12.5 Å². The van der Waals surface area contributed by atoms with E-state index in [0.717, 1.165) is 29.0 Å². The van der Waals surface area contributed by atoms with E-state index < -0.39 is 5.41 Å². The number of hydrogen-bond acceptors (Lipinski definition) is 1. The molecule has 0 heterocycles. The second-order valence-corrected chi connectivity index (χ2v) is 7.48. The van der Waals surface area contributed by atoms with Crippen LogP contribution in [0.15, 0.2) is 48.5 Å². The fourth-order valence-electron chi connectivity index (χ4n) is 3.05. The van der Waals surface area contributed by atoms with Gasteiger partial charge in [-0.15, -0.1) is 0 Å². The third kappa shape index (κ3) is 3.18. The number of amides is 1. The van der Waals surface area contributed by atoms with Gasteiger partial charge in [0.25, 0.3) is 0 Å². The Morgan fingerprint density at radius 3 is 2.38 bits per heavy atom. The van der Waals surface area contributed by atoms with Gasteiger partial charge in [0.15, 0.2) is 0 Å². The molecule has 1 fully saturated rings. The van der Waals surface area contributed by atoms with Crippen molar-refractivity contribution in [1.29, 1.82) is 0 Å². The number of carbonyl (C=O) groups is 1. The van der Waals surface area contributed by atoms with Gasteiger partial charge in [0.05, 0.1) is 5.41 Å². The number of carbonyl (C=O) groups excluding carboxylic acids is 1. The molecule has 1 N–H and O–H groups in total. The standard InChI is InChI=1S/C20H21ClFNO/c1-19(2,14-7-9-15(22)10-8-14)18(24)23-13-20(11-12-20)16-5-3-4-6-17(16)21/h3-10H,11-13H2,1-2H3,(H,23,24). The zero-order valence-electron chi connectivity index (χ0n) is 13.9. The van der Waals surface area contributed by atoms with Crippen LogP contribution in [0.1, 0.15) is 37.8 Å². The largest absolute Gasteiger partial charge is 0.354 e. The lowest BCUT2D eigenvalue weighted by molar-refractivity contribution is -0.125. The van der Waals surface area contributed by atoms with E-state index in [4.69, 9.17) is 11.6 Å². The molecule has 1 aliphatic rings. The molecule has 126 valence electrons. The van der Waals surface area contributed by atoms with E-state index in [-0.39, 0.29) is 17.1 Å². The van der Waals surface area contributed by atoms with Gasteiger partial charge >= 0.3 is 0 Å². The summed E-state index contributed by atoms with van der Waals surface area (Å²) in [6.45, 7) is 4.27. The minimum Gasteiger partial charge on any atom is -0.354 e. The Morgan fingerprint density at radius 1 is 1.17 bits per heavy atom. The first-order valence-corrected chi connectivity index (χ1v) is 8.52. The highest BCUT2D eigenvalue weighted by molar-refractivity contribution is 6.31. The topological polar surface area (TPSA) is 29.1 Å². The van der Waals surface area contributed by atoms with Crippen LogP contribution in [0.25, 0.3) is 0 Å². The Bertz CT molecular complexity index is 750. The molecule has 0 saturated heterocycles. The first-order chi connectivity index (χ1) is 11.3. The molecule has 24 heavy (non-hydrogen) atoms. The highest BCUT2D eigenvalue weighted by Crippen LogP contribution is 2.50. The summed E-state index contributed by atoms with van der Waals surface area (Å²) in [7, 11) is 0. The van der Waals surface area contributed by atoms with Gasteiger partial charge in [-0.2, -0.15) is 0 Å². The first-order valence-electron chi connectivity index (χ1n) is 8.15. The maximum atomic E-state index is 13.1. The van der Waals surface area contributed by atoms with Gasteiger partial charge in [-0.05, 0) is 56.0 Å². The van der Waals surface area contributed by atoms with Crippen LogP contribution in [0.4, 0.5) is 4.39 Å². The van der Waals surface area contributed by atoms with Crippen molar-refractivity contribution >= 4 is 17.5 Å². The van der Waals surface area contributed by atoms with Crippen LogP contribution in [0, 0.1) is 5.82 Å². The summed E-state index contributed by atoms with van der Waals surface area (Å²) in [5, 5.41) is 3.83.